The lowest BCUT2D eigenvalue weighted by Crippen LogP contribution is -2.32. The molecular formula is C19H23N5O3S. The van der Waals surface area contributed by atoms with Gasteiger partial charge in [-0.25, -0.2) is 15.0 Å². The molecule has 28 heavy (non-hydrogen) atoms. The minimum absolute atomic E-state index is 0.258. The van der Waals surface area contributed by atoms with Crippen molar-refractivity contribution in [1.29, 1.82) is 0 Å². The Bertz CT molecular complexity index is 962. The van der Waals surface area contributed by atoms with Crippen LogP contribution in [0.3, 0.4) is 0 Å². The van der Waals surface area contributed by atoms with Crippen LogP contribution in [0.2, 0.25) is 0 Å². The van der Waals surface area contributed by atoms with Crippen molar-refractivity contribution in [2.75, 3.05) is 11.5 Å². The third-order valence-electron chi connectivity index (χ3n) is 4.96. The van der Waals surface area contributed by atoms with Crippen molar-refractivity contribution in [1.82, 2.24) is 19.5 Å². The molecule has 4 N–H and O–H groups in total. The summed E-state index contributed by atoms with van der Waals surface area (Å²) in [5, 5.41) is 21.0. The summed E-state index contributed by atoms with van der Waals surface area (Å²) < 4.78 is 7.55. The smallest absolute Gasteiger partial charge is 0.167 e. The van der Waals surface area contributed by atoms with Crippen LogP contribution in [0.15, 0.2) is 41.8 Å². The highest BCUT2D eigenvalue weighted by atomic mass is 32.2. The molecule has 9 heteroatoms. The molecule has 3 heterocycles. The molecular weight excluding hydrogens is 378 g/mol. The first-order valence-electron chi connectivity index (χ1n) is 9.13. The molecule has 0 radical (unpaired) electrons. The fourth-order valence-electron chi connectivity index (χ4n) is 3.28. The molecule has 0 unspecified atom stereocenters. The molecule has 3 aromatic rings. The Hall–Kier alpha value is -2.20. The normalized spacial score (nSPS) is 25.0. The lowest BCUT2D eigenvalue weighted by atomic mass is 10.0. The molecule has 4 atom stereocenters. The zero-order valence-electron chi connectivity index (χ0n) is 15.6. The number of hydrogen-bond acceptors (Lipinski definition) is 8. The van der Waals surface area contributed by atoms with Crippen molar-refractivity contribution in [3.05, 3.63) is 42.5 Å². The Labute approximate surface area is 166 Å². The van der Waals surface area contributed by atoms with E-state index in [4.69, 9.17) is 10.5 Å². The van der Waals surface area contributed by atoms with Crippen LogP contribution in [0.25, 0.3) is 11.2 Å². The van der Waals surface area contributed by atoms with E-state index in [1.807, 2.05) is 0 Å². The number of ether oxygens (including phenoxy) is 1. The molecule has 0 bridgehead atoms. The summed E-state index contributed by atoms with van der Waals surface area (Å²) in [5.41, 5.74) is 8.00. The number of nitrogens with two attached hydrogens (primary N) is 1. The summed E-state index contributed by atoms with van der Waals surface area (Å²) in [7, 11) is 0. The molecule has 1 aliphatic rings. The summed E-state index contributed by atoms with van der Waals surface area (Å²) in [4.78, 5) is 13.4. The van der Waals surface area contributed by atoms with Gasteiger partial charge < -0.3 is 20.7 Å². The van der Waals surface area contributed by atoms with Gasteiger partial charge in [0.15, 0.2) is 17.7 Å². The van der Waals surface area contributed by atoms with Gasteiger partial charge >= 0.3 is 0 Å². The number of benzene rings is 1. The first-order chi connectivity index (χ1) is 13.5. The predicted molar refractivity (Wildman–Crippen MR) is 107 cm³/mol. The SMILES string of the molecule is CC(C)c1ccc(SC[C@H]2O[C@@H](n3cnc4c(N)ncnc43)[C@H](O)[C@@H]2O)cc1. The van der Waals surface area contributed by atoms with Crippen LogP contribution < -0.4 is 5.73 Å². The molecule has 8 nitrogen and oxygen atoms in total. The topological polar surface area (TPSA) is 119 Å². The van der Waals surface area contributed by atoms with Gasteiger partial charge in [-0.3, -0.25) is 4.57 Å². The number of thioether (sulfide) groups is 1. The lowest BCUT2D eigenvalue weighted by molar-refractivity contribution is -0.0289. The van der Waals surface area contributed by atoms with Crippen molar-refractivity contribution in [2.45, 2.75) is 49.2 Å². The zero-order valence-corrected chi connectivity index (χ0v) is 16.5. The van der Waals surface area contributed by atoms with Gasteiger partial charge in [0.2, 0.25) is 0 Å². The summed E-state index contributed by atoms with van der Waals surface area (Å²) in [5.74, 6) is 1.26. The standard InChI is InChI=1S/C19H23N5O3S/c1-10(2)11-3-5-12(6-4-11)28-7-13-15(25)16(26)19(27-13)24-9-23-14-17(20)21-8-22-18(14)24/h3-6,8-10,13,15-16,19,25-26H,7H2,1-2H3,(H2,20,21,22)/t13-,15-,16-,19-/m1/s1. The van der Waals surface area contributed by atoms with Gasteiger partial charge in [-0.05, 0) is 23.6 Å². The Balaban J connectivity index is 1.47. The number of nitrogen functional groups attached to an aromatic ring is 1. The number of aromatic nitrogens is 4. The lowest BCUT2D eigenvalue weighted by Gasteiger charge is -2.16. The van der Waals surface area contributed by atoms with Crippen molar-refractivity contribution >= 4 is 28.7 Å². The Kier molecular flexibility index (Phi) is 5.24. The number of hydrogen-bond donors (Lipinski definition) is 3. The maximum Gasteiger partial charge on any atom is 0.167 e. The molecule has 4 rings (SSSR count). The van der Waals surface area contributed by atoms with E-state index in [0.717, 1.165) is 4.90 Å². The first-order valence-corrected chi connectivity index (χ1v) is 10.1. The highest BCUT2D eigenvalue weighted by Crippen LogP contribution is 2.34. The second-order valence-electron chi connectivity index (χ2n) is 7.16. The number of aliphatic hydroxyl groups is 2. The maximum absolute atomic E-state index is 10.5. The maximum atomic E-state index is 10.5. The zero-order chi connectivity index (χ0) is 19.8. The van der Waals surface area contributed by atoms with Crippen LogP contribution in [-0.2, 0) is 4.74 Å². The Morgan fingerprint density at radius 3 is 2.61 bits per heavy atom. The van der Waals surface area contributed by atoms with E-state index in [9.17, 15) is 10.2 Å². The average molecular weight is 401 g/mol. The molecule has 2 aromatic heterocycles. The van der Waals surface area contributed by atoms with Crippen LogP contribution in [-0.4, -0.2) is 53.8 Å². The van der Waals surface area contributed by atoms with Gasteiger partial charge in [-0.15, -0.1) is 11.8 Å². The van der Waals surface area contributed by atoms with Crippen LogP contribution >= 0.6 is 11.8 Å². The highest BCUT2D eigenvalue weighted by molar-refractivity contribution is 7.99. The van der Waals surface area contributed by atoms with Crippen molar-refractivity contribution < 1.29 is 14.9 Å². The Morgan fingerprint density at radius 2 is 1.89 bits per heavy atom. The summed E-state index contributed by atoms with van der Waals surface area (Å²) in [6.45, 7) is 4.31. The number of rotatable bonds is 5. The van der Waals surface area contributed by atoms with E-state index in [1.54, 1.807) is 16.3 Å². The van der Waals surface area contributed by atoms with E-state index in [2.05, 4.69) is 53.1 Å². The molecule has 0 aliphatic carbocycles. The number of anilines is 1. The van der Waals surface area contributed by atoms with E-state index in [0.29, 0.717) is 22.8 Å². The quantitative estimate of drug-likeness (QED) is 0.555. The van der Waals surface area contributed by atoms with E-state index < -0.39 is 24.5 Å². The average Bonchev–Trinajstić information content (AvgIpc) is 3.23. The monoisotopic (exact) mass is 401 g/mol. The third-order valence-corrected chi connectivity index (χ3v) is 6.06. The third kappa shape index (κ3) is 3.46. The number of fused-ring (bicyclic) bond motifs is 1. The Morgan fingerprint density at radius 1 is 1.14 bits per heavy atom. The summed E-state index contributed by atoms with van der Waals surface area (Å²) in [6.07, 6.45) is -0.584. The molecule has 0 spiro atoms. The van der Waals surface area contributed by atoms with Gasteiger partial charge in [0.25, 0.3) is 0 Å². The van der Waals surface area contributed by atoms with Crippen molar-refractivity contribution in [3.63, 3.8) is 0 Å². The highest BCUT2D eigenvalue weighted by Gasteiger charge is 2.44. The number of aliphatic hydroxyl groups excluding tert-OH is 2. The second kappa shape index (κ2) is 7.67. The predicted octanol–water partition coefficient (Wildman–Crippen LogP) is 1.94. The molecule has 0 saturated carbocycles. The fraction of sp³-hybridized carbons (Fsp3) is 0.421. The summed E-state index contributed by atoms with van der Waals surface area (Å²) >= 11 is 1.58. The van der Waals surface area contributed by atoms with Gasteiger partial charge in [0, 0.05) is 10.6 Å². The molecule has 1 aliphatic heterocycles. The van der Waals surface area contributed by atoms with Gasteiger partial charge in [0.1, 0.15) is 24.1 Å². The second-order valence-corrected chi connectivity index (χ2v) is 8.26. The van der Waals surface area contributed by atoms with E-state index in [-0.39, 0.29) is 5.82 Å². The van der Waals surface area contributed by atoms with Gasteiger partial charge in [-0.2, -0.15) is 0 Å². The van der Waals surface area contributed by atoms with Crippen molar-refractivity contribution in [2.24, 2.45) is 0 Å². The number of nitrogens with zero attached hydrogens (tertiary/aromatic N) is 4. The van der Waals surface area contributed by atoms with Crippen LogP contribution in [0.1, 0.15) is 31.6 Å². The number of imidazole rings is 1. The fourth-order valence-corrected chi connectivity index (χ4v) is 4.24. The first kappa shape index (κ1) is 19.1. The molecule has 1 fully saturated rings. The van der Waals surface area contributed by atoms with Crippen LogP contribution in [0, 0.1) is 0 Å². The molecule has 0 amide bonds. The van der Waals surface area contributed by atoms with Gasteiger partial charge in [0.05, 0.1) is 12.4 Å². The van der Waals surface area contributed by atoms with Gasteiger partial charge in [-0.1, -0.05) is 26.0 Å². The largest absolute Gasteiger partial charge is 0.387 e. The molecule has 1 aromatic carbocycles. The molecule has 148 valence electrons. The van der Waals surface area contributed by atoms with Crippen molar-refractivity contribution in [3.8, 4) is 0 Å². The minimum atomic E-state index is -1.09. The van der Waals surface area contributed by atoms with Crippen LogP contribution in [0.5, 0.6) is 0 Å². The van der Waals surface area contributed by atoms with E-state index >= 15 is 0 Å². The van der Waals surface area contributed by atoms with Crippen LogP contribution in [0.4, 0.5) is 5.82 Å². The summed E-state index contributed by atoms with van der Waals surface area (Å²) in [6, 6.07) is 8.35. The molecule has 1 saturated heterocycles. The van der Waals surface area contributed by atoms with E-state index in [1.165, 1.54) is 18.2 Å². The minimum Gasteiger partial charge on any atom is -0.387 e.